The Bertz CT molecular complexity index is 1610. The van der Waals surface area contributed by atoms with Gasteiger partial charge in [0.2, 0.25) is 0 Å². The van der Waals surface area contributed by atoms with Crippen molar-refractivity contribution in [1.82, 2.24) is 0 Å². The van der Waals surface area contributed by atoms with Crippen LogP contribution in [-0.2, 0) is 37.3 Å². The molecule has 0 radical (unpaired) electrons. The van der Waals surface area contributed by atoms with E-state index < -0.39 is 81.3 Å². The Hall–Kier alpha value is -1.91. The molecule has 0 bridgehead atoms. The molecule has 2 aliphatic heterocycles. The normalized spacial score (nSPS) is 32.6. The number of aliphatic hydroxyl groups is 1. The second-order valence-electron chi connectivity index (χ2n) is 19.2. The summed E-state index contributed by atoms with van der Waals surface area (Å²) in [5.41, 5.74) is -0.123. The first kappa shape index (κ1) is 48.1. The number of carbonyl (C=O) groups is 2. The maximum Gasteiger partial charge on any atom is 0.338 e. The summed E-state index contributed by atoms with van der Waals surface area (Å²) < 4.78 is 49.6. The molecule has 0 amide bonds. The molecule has 0 spiro atoms. The molecule has 59 heavy (non-hydrogen) atoms. The van der Waals surface area contributed by atoms with Crippen LogP contribution >= 0.6 is 0 Å². The van der Waals surface area contributed by atoms with Gasteiger partial charge >= 0.3 is 11.9 Å². The van der Waals surface area contributed by atoms with Gasteiger partial charge in [-0.2, -0.15) is 0 Å². The van der Waals surface area contributed by atoms with Crippen LogP contribution in [-0.4, -0.2) is 94.9 Å². The maximum absolute atomic E-state index is 14.5. The van der Waals surface area contributed by atoms with E-state index in [9.17, 15) is 14.7 Å². The highest BCUT2D eigenvalue weighted by Crippen LogP contribution is 2.65. The molecule has 10 nitrogen and oxygen atoms in total. The smallest absolute Gasteiger partial charge is 0.338 e. The van der Waals surface area contributed by atoms with Gasteiger partial charge in [-0.1, -0.05) is 87.4 Å². The van der Waals surface area contributed by atoms with E-state index in [1.807, 2.05) is 39.0 Å². The molecule has 4 fully saturated rings. The first-order valence-electron chi connectivity index (χ1n) is 23.0. The Morgan fingerprint density at radius 2 is 1.49 bits per heavy atom. The van der Waals surface area contributed by atoms with Crippen molar-refractivity contribution in [3.63, 3.8) is 0 Å². The van der Waals surface area contributed by atoms with Crippen molar-refractivity contribution in [3.05, 3.63) is 47.0 Å². The lowest BCUT2D eigenvalue weighted by molar-refractivity contribution is -0.347. The lowest BCUT2D eigenvalue weighted by Crippen LogP contribution is -2.79. The third-order valence-electron chi connectivity index (χ3n) is 15.2. The number of ether oxygens (including phenoxy) is 5. The Morgan fingerprint density at radius 1 is 0.881 bits per heavy atom. The molecule has 1 N–H and O–H groups in total. The Morgan fingerprint density at radius 3 is 2.02 bits per heavy atom. The maximum atomic E-state index is 14.5. The topological polar surface area (TPSA) is 119 Å². The standard InChI is InChI=1S/C47H78O10Si2/c1-14-24-38(49)53-47-31-51-37(47)29-36(57-59(18-5,19-6)20-7)46(13)41(47)35(52-43(50)33-25-22-21-23-26-33)30-44(9,10)39(40-42(46)55-45(11,12)54-40)32(8)34(27-28-48)56-58(15-2,16-3)17-4/h21-23,25-26,34-37,40-42,48H,14-20,24,27-31H2,1-13H3/t34?,35?,36?,37?,40?,41?,42?,46-,47?/m1/s1. The molecule has 4 aliphatic rings. The van der Waals surface area contributed by atoms with Crippen LogP contribution in [0, 0.1) is 16.7 Å². The number of benzene rings is 1. The highest BCUT2D eigenvalue weighted by atomic mass is 28.4. The van der Waals surface area contributed by atoms with E-state index in [0.29, 0.717) is 31.2 Å². The Kier molecular flexibility index (Phi) is 15.4. The lowest BCUT2D eigenvalue weighted by atomic mass is 9.48. The van der Waals surface area contributed by atoms with Crippen molar-refractivity contribution in [2.24, 2.45) is 16.7 Å². The molecule has 1 aromatic carbocycles. The summed E-state index contributed by atoms with van der Waals surface area (Å²) >= 11 is 0. The van der Waals surface area contributed by atoms with E-state index in [1.54, 1.807) is 12.1 Å². The Labute approximate surface area is 358 Å². The fourth-order valence-corrected chi connectivity index (χ4v) is 17.3. The second-order valence-corrected chi connectivity index (χ2v) is 28.7. The molecule has 2 saturated carbocycles. The SMILES string of the molecule is CCCC(=O)OC12COC1CC(O[Si](CC)(CC)CC)[C@@]1(C)C3OC(C)(C)OC3C(=C(C)C(CCO)O[Si](CC)(CC)CC)C(C)(C)CC(OC(=O)c3ccccc3)C21. The van der Waals surface area contributed by atoms with Crippen LogP contribution < -0.4 is 0 Å². The minimum absolute atomic E-state index is 0.0217. The monoisotopic (exact) mass is 859 g/mol. The summed E-state index contributed by atoms with van der Waals surface area (Å²) in [4.78, 5) is 28.3. The van der Waals surface area contributed by atoms with Gasteiger partial charge in [0.05, 0.1) is 36.4 Å². The average Bonchev–Trinajstić information content (AvgIpc) is 3.52. The van der Waals surface area contributed by atoms with Gasteiger partial charge < -0.3 is 37.6 Å². The second kappa shape index (κ2) is 18.8. The first-order valence-corrected chi connectivity index (χ1v) is 28.0. The summed E-state index contributed by atoms with van der Waals surface area (Å²) in [5, 5.41) is 10.6. The van der Waals surface area contributed by atoms with Crippen LogP contribution in [0.4, 0.5) is 0 Å². The third kappa shape index (κ3) is 9.13. The minimum Gasteiger partial charge on any atom is -0.458 e. The molecule has 0 aromatic heterocycles. The fraction of sp³-hybridized carbons (Fsp3) is 0.787. The predicted molar refractivity (Wildman–Crippen MR) is 236 cm³/mol. The van der Waals surface area contributed by atoms with Crippen LogP contribution in [0.25, 0.3) is 0 Å². The van der Waals surface area contributed by atoms with Crippen molar-refractivity contribution in [3.8, 4) is 0 Å². The quantitative estimate of drug-likeness (QED) is 0.0868. The van der Waals surface area contributed by atoms with Crippen molar-refractivity contribution < 1.29 is 47.2 Å². The Balaban J connectivity index is 1.85. The van der Waals surface area contributed by atoms with E-state index in [0.717, 1.165) is 47.4 Å². The van der Waals surface area contributed by atoms with Crippen molar-refractivity contribution in [2.45, 2.75) is 206 Å². The summed E-state index contributed by atoms with van der Waals surface area (Å²) in [6, 6.07) is 14.9. The van der Waals surface area contributed by atoms with Crippen LogP contribution in [0.15, 0.2) is 41.5 Å². The van der Waals surface area contributed by atoms with Crippen molar-refractivity contribution in [1.29, 1.82) is 0 Å². The number of esters is 2. The van der Waals surface area contributed by atoms with Gasteiger partial charge in [0.25, 0.3) is 0 Å². The zero-order valence-corrected chi connectivity index (χ0v) is 40.7. The number of hydrogen-bond acceptors (Lipinski definition) is 10. The zero-order valence-electron chi connectivity index (χ0n) is 38.7. The molecule has 5 rings (SSSR count). The summed E-state index contributed by atoms with van der Waals surface area (Å²) in [5.74, 6) is -2.29. The number of hydrogen-bond donors (Lipinski definition) is 1. The molecule has 334 valence electrons. The van der Waals surface area contributed by atoms with Crippen molar-refractivity contribution in [2.75, 3.05) is 13.2 Å². The fourth-order valence-electron chi connectivity index (χ4n) is 11.4. The number of aliphatic hydroxyl groups excluding tert-OH is 1. The van der Waals surface area contributed by atoms with E-state index in [4.69, 9.17) is 32.5 Å². The molecular weight excluding hydrogens is 781 g/mol. The minimum atomic E-state index is -2.30. The average molecular weight is 859 g/mol. The number of rotatable bonds is 18. The van der Waals surface area contributed by atoms with E-state index in [2.05, 4.69) is 69.2 Å². The highest BCUT2D eigenvalue weighted by molar-refractivity contribution is 6.74. The van der Waals surface area contributed by atoms with Gasteiger partial charge in [-0.15, -0.1) is 0 Å². The summed E-state index contributed by atoms with van der Waals surface area (Å²) in [6.45, 7) is 28.3. The largest absolute Gasteiger partial charge is 0.458 e. The molecule has 9 atom stereocenters. The van der Waals surface area contributed by atoms with Crippen molar-refractivity contribution >= 4 is 28.6 Å². The van der Waals surface area contributed by atoms with E-state index >= 15 is 0 Å². The van der Waals surface area contributed by atoms with Crippen LogP contribution in [0.2, 0.25) is 36.3 Å². The van der Waals surface area contributed by atoms with E-state index in [-0.39, 0.29) is 31.7 Å². The van der Waals surface area contributed by atoms with E-state index in [1.165, 1.54) is 0 Å². The van der Waals surface area contributed by atoms with Crippen LogP contribution in [0.1, 0.15) is 132 Å². The van der Waals surface area contributed by atoms with Gasteiger partial charge in [-0.05, 0) is 105 Å². The van der Waals surface area contributed by atoms with Gasteiger partial charge in [-0.25, -0.2) is 4.79 Å². The molecule has 1 aromatic rings. The molecule has 2 heterocycles. The zero-order chi connectivity index (χ0) is 43.6. The lowest BCUT2D eigenvalue weighted by Gasteiger charge is -2.67. The molecule has 8 unspecified atom stereocenters. The molecular formula is C47H78O10Si2. The summed E-state index contributed by atoms with van der Waals surface area (Å²) in [7, 11) is -4.45. The predicted octanol–water partition coefficient (Wildman–Crippen LogP) is 10.1. The highest BCUT2D eigenvalue weighted by Gasteiger charge is 2.76. The summed E-state index contributed by atoms with van der Waals surface area (Å²) in [6.07, 6.45) is -0.812. The van der Waals surface area contributed by atoms with Gasteiger partial charge in [0.1, 0.15) is 18.3 Å². The molecule has 12 heteroatoms. The number of carbonyl (C=O) groups excluding carboxylic acids is 2. The number of fused-ring (bicyclic) bond motifs is 5. The van der Waals surface area contributed by atoms with Gasteiger partial charge in [0, 0.05) is 24.9 Å². The molecule has 2 aliphatic carbocycles. The van der Waals surface area contributed by atoms with Crippen LogP contribution in [0.5, 0.6) is 0 Å². The molecule has 2 saturated heterocycles. The third-order valence-corrected chi connectivity index (χ3v) is 24.5. The van der Waals surface area contributed by atoms with Gasteiger partial charge in [0.15, 0.2) is 28.0 Å². The van der Waals surface area contributed by atoms with Gasteiger partial charge in [-0.3, -0.25) is 4.79 Å². The van der Waals surface area contributed by atoms with Crippen LogP contribution in [0.3, 0.4) is 0 Å². The first-order chi connectivity index (χ1) is 27.8.